The van der Waals surface area contributed by atoms with Crippen molar-refractivity contribution in [2.24, 2.45) is 0 Å². The Hall–Kier alpha value is -2.69. The molecule has 0 fully saturated rings. The number of carboxylic acids is 1. The highest BCUT2D eigenvalue weighted by atomic mass is 79.9. The predicted octanol–water partition coefficient (Wildman–Crippen LogP) is 5.25. The van der Waals surface area contributed by atoms with Crippen LogP contribution in [0.4, 0.5) is 0 Å². The van der Waals surface area contributed by atoms with Gasteiger partial charge in [0.15, 0.2) is 0 Å². The summed E-state index contributed by atoms with van der Waals surface area (Å²) in [6.07, 6.45) is 1.69. The SMILES string of the molecule is O=C(O)C(/C=C(\Br)c1ccccc1)NC(c1ccccc1)c1ccccc1. The molecule has 0 amide bonds. The molecule has 0 bridgehead atoms. The van der Waals surface area contributed by atoms with Crippen molar-refractivity contribution in [3.63, 3.8) is 0 Å². The number of carboxylic acid groups (broad SMARTS) is 1. The van der Waals surface area contributed by atoms with Crippen LogP contribution in [-0.4, -0.2) is 17.1 Å². The highest BCUT2D eigenvalue weighted by Gasteiger charge is 2.22. The molecule has 0 aliphatic carbocycles. The summed E-state index contributed by atoms with van der Waals surface area (Å²) in [5.74, 6) is -0.931. The van der Waals surface area contributed by atoms with Crippen molar-refractivity contribution >= 4 is 26.4 Å². The van der Waals surface area contributed by atoms with E-state index < -0.39 is 12.0 Å². The van der Waals surface area contributed by atoms with E-state index in [-0.39, 0.29) is 6.04 Å². The number of nitrogens with one attached hydrogen (secondary N) is 1. The normalized spacial score (nSPS) is 12.7. The molecule has 0 aromatic heterocycles. The Kier molecular flexibility index (Phi) is 6.58. The van der Waals surface area contributed by atoms with Gasteiger partial charge in [0.1, 0.15) is 6.04 Å². The van der Waals surface area contributed by atoms with Gasteiger partial charge in [-0.3, -0.25) is 10.1 Å². The summed E-state index contributed by atoms with van der Waals surface area (Å²) in [5.41, 5.74) is 2.96. The van der Waals surface area contributed by atoms with Crippen LogP contribution in [0.1, 0.15) is 22.7 Å². The third-order valence-corrected chi connectivity index (χ3v) is 4.96. The lowest BCUT2D eigenvalue weighted by atomic mass is 9.97. The smallest absolute Gasteiger partial charge is 0.324 e. The molecule has 4 heteroatoms. The Morgan fingerprint density at radius 1 is 0.815 bits per heavy atom. The maximum atomic E-state index is 11.9. The van der Waals surface area contributed by atoms with Crippen LogP contribution in [0.25, 0.3) is 4.48 Å². The lowest BCUT2D eigenvalue weighted by Gasteiger charge is -2.23. The number of aliphatic carboxylic acids is 1. The number of hydrogen-bond donors (Lipinski definition) is 2. The first-order valence-corrected chi connectivity index (χ1v) is 9.46. The highest BCUT2D eigenvalue weighted by molar-refractivity contribution is 9.15. The van der Waals surface area contributed by atoms with Gasteiger partial charge in [-0.2, -0.15) is 0 Å². The van der Waals surface area contributed by atoms with Crippen molar-refractivity contribution in [2.45, 2.75) is 12.1 Å². The third-order valence-electron chi connectivity index (χ3n) is 4.24. The minimum atomic E-state index is -0.931. The zero-order chi connectivity index (χ0) is 19.1. The van der Waals surface area contributed by atoms with Crippen molar-refractivity contribution in [1.29, 1.82) is 0 Å². The van der Waals surface area contributed by atoms with Crippen molar-refractivity contribution in [3.8, 4) is 0 Å². The van der Waals surface area contributed by atoms with E-state index in [0.29, 0.717) is 0 Å². The van der Waals surface area contributed by atoms with E-state index in [2.05, 4.69) is 21.2 Å². The molecule has 0 saturated carbocycles. The predicted molar refractivity (Wildman–Crippen MR) is 113 cm³/mol. The lowest BCUT2D eigenvalue weighted by Crippen LogP contribution is -2.38. The molecular weight excluding hydrogens is 402 g/mol. The molecule has 3 aromatic rings. The second-order valence-corrected chi connectivity index (χ2v) is 6.97. The van der Waals surface area contributed by atoms with Crippen LogP contribution in [0.5, 0.6) is 0 Å². The number of carbonyl (C=O) groups is 1. The van der Waals surface area contributed by atoms with E-state index in [9.17, 15) is 9.90 Å². The Morgan fingerprint density at radius 3 is 1.70 bits per heavy atom. The summed E-state index contributed by atoms with van der Waals surface area (Å²) in [6.45, 7) is 0. The molecule has 0 aliphatic heterocycles. The number of rotatable bonds is 7. The average molecular weight is 422 g/mol. The zero-order valence-electron chi connectivity index (χ0n) is 14.6. The number of benzene rings is 3. The lowest BCUT2D eigenvalue weighted by molar-refractivity contribution is -0.138. The topological polar surface area (TPSA) is 49.3 Å². The molecule has 3 aromatic carbocycles. The van der Waals surface area contributed by atoms with Gasteiger partial charge < -0.3 is 5.11 Å². The Labute approximate surface area is 167 Å². The molecule has 2 N–H and O–H groups in total. The van der Waals surface area contributed by atoms with Gasteiger partial charge in [0, 0.05) is 4.48 Å². The molecule has 0 radical (unpaired) electrons. The molecule has 3 rings (SSSR count). The summed E-state index contributed by atoms with van der Waals surface area (Å²) in [5, 5.41) is 13.1. The van der Waals surface area contributed by atoms with Crippen LogP contribution in [0.2, 0.25) is 0 Å². The fourth-order valence-corrected chi connectivity index (χ4v) is 3.41. The van der Waals surface area contributed by atoms with E-state index in [4.69, 9.17) is 0 Å². The monoisotopic (exact) mass is 421 g/mol. The van der Waals surface area contributed by atoms with E-state index in [1.807, 2.05) is 91.0 Å². The maximum absolute atomic E-state index is 11.9. The van der Waals surface area contributed by atoms with Crippen molar-refractivity contribution < 1.29 is 9.90 Å². The number of hydrogen-bond acceptors (Lipinski definition) is 2. The quantitative estimate of drug-likeness (QED) is 0.547. The molecule has 1 unspecified atom stereocenters. The molecule has 27 heavy (non-hydrogen) atoms. The summed E-state index contributed by atoms with van der Waals surface area (Å²) in [6, 6.07) is 28.3. The largest absolute Gasteiger partial charge is 0.480 e. The minimum absolute atomic E-state index is 0.235. The van der Waals surface area contributed by atoms with Gasteiger partial charge in [0.2, 0.25) is 0 Å². The fraction of sp³-hybridized carbons (Fsp3) is 0.0870. The van der Waals surface area contributed by atoms with Gasteiger partial charge in [-0.05, 0) is 22.8 Å². The molecule has 136 valence electrons. The Balaban J connectivity index is 1.93. The van der Waals surface area contributed by atoms with Crippen LogP contribution in [0, 0.1) is 0 Å². The second-order valence-electron chi connectivity index (χ2n) is 6.12. The van der Waals surface area contributed by atoms with Crippen molar-refractivity contribution in [3.05, 3.63) is 114 Å². The van der Waals surface area contributed by atoms with Crippen LogP contribution in [0.15, 0.2) is 97.1 Å². The van der Waals surface area contributed by atoms with Gasteiger partial charge in [0.05, 0.1) is 6.04 Å². The summed E-state index contributed by atoms with van der Waals surface area (Å²) >= 11 is 3.52. The zero-order valence-corrected chi connectivity index (χ0v) is 16.2. The van der Waals surface area contributed by atoms with E-state index in [1.165, 1.54) is 0 Å². The van der Waals surface area contributed by atoms with E-state index in [1.54, 1.807) is 6.08 Å². The first kappa shape index (κ1) is 19.1. The van der Waals surface area contributed by atoms with Crippen LogP contribution >= 0.6 is 15.9 Å². The summed E-state index contributed by atoms with van der Waals surface area (Å²) < 4.78 is 0.739. The van der Waals surface area contributed by atoms with Gasteiger partial charge in [0.25, 0.3) is 0 Å². The fourth-order valence-electron chi connectivity index (χ4n) is 2.89. The van der Waals surface area contributed by atoms with Crippen LogP contribution < -0.4 is 5.32 Å². The van der Waals surface area contributed by atoms with E-state index >= 15 is 0 Å². The Bertz CT molecular complexity index is 856. The number of halogens is 1. The maximum Gasteiger partial charge on any atom is 0.324 e. The van der Waals surface area contributed by atoms with Gasteiger partial charge in [-0.25, -0.2) is 0 Å². The highest BCUT2D eigenvalue weighted by Crippen LogP contribution is 2.25. The van der Waals surface area contributed by atoms with Gasteiger partial charge in [-0.1, -0.05) is 107 Å². The molecule has 0 aliphatic rings. The second kappa shape index (κ2) is 9.31. The third kappa shape index (κ3) is 5.16. The first-order chi connectivity index (χ1) is 13.1. The van der Waals surface area contributed by atoms with Crippen molar-refractivity contribution in [2.75, 3.05) is 0 Å². The van der Waals surface area contributed by atoms with Crippen molar-refractivity contribution in [1.82, 2.24) is 5.32 Å². The minimum Gasteiger partial charge on any atom is -0.480 e. The van der Waals surface area contributed by atoms with E-state index in [0.717, 1.165) is 21.2 Å². The molecule has 0 heterocycles. The van der Waals surface area contributed by atoms with Gasteiger partial charge in [-0.15, -0.1) is 0 Å². The first-order valence-electron chi connectivity index (χ1n) is 8.66. The van der Waals surface area contributed by atoms with Crippen LogP contribution in [-0.2, 0) is 4.79 Å². The Morgan fingerprint density at radius 2 is 1.26 bits per heavy atom. The molecule has 0 spiro atoms. The molecule has 1 atom stereocenters. The molecule has 0 saturated heterocycles. The van der Waals surface area contributed by atoms with Crippen LogP contribution in [0.3, 0.4) is 0 Å². The molecule has 3 nitrogen and oxygen atoms in total. The summed E-state index contributed by atoms with van der Waals surface area (Å²) in [4.78, 5) is 11.9. The summed E-state index contributed by atoms with van der Waals surface area (Å²) in [7, 11) is 0. The standard InChI is InChI=1S/C23H20BrNO2/c24-20(17-10-4-1-5-11-17)16-21(23(26)27)25-22(18-12-6-2-7-13-18)19-14-8-3-9-15-19/h1-16,21-22,25H,(H,26,27)/b20-16-. The van der Waals surface area contributed by atoms with Gasteiger partial charge >= 0.3 is 5.97 Å². The average Bonchev–Trinajstić information content (AvgIpc) is 2.72. The molecular formula is C23H20BrNO2.